The second kappa shape index (κ2) is 15.1. The molecule has 0 aliphatic heterocycles. The van der Waals surface area contributed by atoms with Crippen LogP contribution >= 0.6 is 0 Å². The Labute approximate surface area is 146 Å². The summed E-state index contributed by atoms with van der Waals surface area (Å²) in [5.74, 6) is 0. The molecule has 0 aromatic carbocycles. The molecule has 0 heterocycles. The van der Waals surface area contributed by atoms with E-state index in [4.69, 9.17) is 0 Å². The zero-order valence-electron chi connectivity index (χ0n) is 15.9. The number of nitrogens with one attached hydrogen (secondary N) is 1. The third-order valence-electron chi connectivity index (χ3n) is 3.50. The quantitative estimate of drug-likeness (QED) is 0.306. The fourth-order valence-corrected chi connectivity index (χ4v) is 0.866. The number of hydrogen-bond acceptors (Lipinski definition) is 2. The summed E-state index contributed by atoms with van der Waals surface area (Å²) in [6, 6.07) is 0.453. The number of hydrogen-bond donors (Lipinski definition) is 1. The molecule has 1 radical (unpaired) electrons. The van der Waals surface area contributed by atoms with Crippen LogP contribution in [0.25, 0.3) is 10.6 Å². The van der Waals surface area contributed by atoms with Crippen molar-refractivity contribution >= 4 is 6.29 Å². The van der Waals surface area contributed by atoms with Crippen LogP contribution in [0.5, 0.6) is 0 Å². The molecule has 0 spiro atoms. The zero-order chi connectivity index (χ0) is 16.2. The molecule has 0 aromatic rings. The van der Waals surface area contributed by atoms with Crippen molar-refractivity contribution in [3.05, 3.63) is 10.6 Å². The van der Waals surface area contributed by atoms with Crippen molar-refractivity contribution < 1.29 is 25.2 Å². The number of likely N-dealkylation sites (N-methyl/N-ethyl adjacent to an activating group) is 1. The molecule has 0 aromatic heterocycles. The molecule has 22 heavy (non-hydrogen) atoms. The third kappa shape index (κ3) is 17.3. The van der Waals surface area contributed by atoms with Gasteiger partial charge in [0, 0.05) is 25.8 Å². The van der Waals surface area contributed by atoms with E-state index in [2.05, 4.69) is 50.6 Å². The van der Waals surface area contributed by atoms with Crippen LogP contribution in [0.15, 0.2) is 0 Å². The maximum absolute atomic E-state index is 10.5. The minimum absolute atomic E-state index is 0. The summed E-state index contributed by atoms with van der Waals surface area (Å²) in [4.78, 5) is 10.5. The summed E-state index contributed by atoms with van der Waals surface area (Å²) < 4.78 is 0. The van der Waals surface area contributed by atoms with Gasteiger partial charge in [-0.25, -0.2) is 0 Å². The topological polar surface area (TPSA) is 57.3 Å². The standard InChI is InChI=1S/C8H19N3.C8H16O.Re.Rf/c1-8(2)11-7-6-10-5-4-9-3;1-7(2,3)8(4,5)6-9;;/h8-9H,4-7H2,1-3H3;6H,1-5H3;;/q-2;;;. The first-order valence-electron chi connectivity index (χ1n) is 7.49. The van der Waals surface area contributed by atoms with Gasteiger partial charge in [0.15, 0.2) is 0 Å². The van der Waals surface area contributed by atoms with Gasteiger partial charge in [-0.2, -0.15) is 13.1 Å². The number of nitrogens with zero attached hydrogens (tertiary/aromatic N) is 2. The first kappa shape index (κ1) is 29.3. The van der Waals surface area contributed by atoms with Crippen LogP contribution in [-0.2, 0) is 25.2 Å². The summed E-state index contributed by atoms with van der Waals surface area (Å²) in [5.41, 5.74) is -0.123. The van der Waals surface area contributed by atoms with Crippen LogP contribution in [0.2, 0.25) is 0 Å². The molecule has 0 atom stereocenters. The van der Waals surface area contributed by atoms with Crippen molar-refractivity contribution in [1.29, 1.82) is 0 Å². The van der Waals surface area contributed by atoms with Crippen molar-refractivity contribution in [2.24, 2.45) is 10.8 Å². The molecule has 6 heteroatoms. The van der Waals surface area contributed by atoms with Crippen LogP contribution in [0.3, 0.4) is 0 Å². The van der Waals surface area contributed by atoms with Crippen LogP contribution < -0.4 is 5.32 Å². The smallest absolute Gasteiger partial charge is 0.126 e. The van der Waals surface area contributed by atoms with Crippen LogP contribution in [0, 0.1) is 10.8 Å². The largest absolute Gasteiger partial charge is 0.663 e. The van der Waals surface area contributed by atoms with Gasteiger partial charge in [-0.1, -0.05) is 48.5 Å². The SMILES string of the molecule is CC(C)(C)C(C)(C)C=O.CNCC[N-]CC[N-]C(C)C.[Re].[Rf]. The van der Waals surface area contributed by atoms with E-state index in [0.29, 0.717) is 6.04 Å². The van der Waals surface area contributed by atoms with E-state index in [1.165, 1.54) is 0 Å². The molecule has 0 saturated carbocycles. The average molecular weight is 739 g/mol. The number of carbonyl (C=O) groups is 1. The van der Waals surface area contributed by atoms with Crippen molar-refractivity contribution in [3.63, 3.8) is 0 Å². The molecule has 0 aliphatic rings. The molecule has 0 bridgehead atoms. The first-order chi connectivity index (χ1) is 9.08. The van der Waals surface area contributed by atoms with Gasteiger partial charge < -0.3 is 20.7 Å². The Bertz CT molecular complexity index is 244. The first-order valence-corrected chi connectivity index (χ1v) is 7.49. The second-order valence-corrected chi connectivity index (χ2v) is 6.86. The van der Waals surface area contributed by atoms with E-state index in [1.807, 2.05) is 20.9 Å². The monoisotopic (exact) mass is 739 g/mol. The Morgan fingerprint density at radius 1 is 1.05 bits per heavy atom. The molecular formula is C16H35N3OReRf-2. The summed E-state index contributed by atoms with van der Waals surface area (Å²) in [6.45, 7) is 17.9. The fraction of sp³-hybridized carbons (Fsp3) is 0.938. The molecule has 0 fully saturated rings. The van der Waals surface area contributed by atoms with E-state index in [1.54, 1.807) is 0 Å². The molecule has 0 saturated heterocycles. The van der Waals surface area contributed by atoms with Gasteiger partial charge in [0.25, 0.3) is 0 Å². The van der Waals surface area contributed by atoms with Gasteiger partial charge in [0.05, 0.1) is 0 Å². The van der Waals surface area contributed by atoms with Crippen molar-refractivity contribution in [1.82, 2.24) is 5.32 Å². The van der Waals surface area contributed by atoms with Gasteiger partial charge >= 0.3 is 0 Å². The maximum atomic E-state index is 10.5. The summed E-state index contributed by atoms with van der Waals surface area (Å²) >= 11 is 0. The van der Waals surface area contributed by atoms with Crippen molar-refractivity contribution in [2.45, 2.75) is 54.5 Å². The summed E-state index contributed by atoms with van der Waals surface area (Å²) in [6.07, 6.45) is 1.02. The molecule has 131 valence electrons. The van der Waals surface area contributed by atoms with Crippen molar-refractivity contribution in [3.8, 4) is 0 Å². The fourth-order valence-electron chi connectivity index (χ4n) is 0.866. The van der Waals surface area contributed by atoms with Crippen LogP contribution in [-0.4, -0.2) is 45.6 Å². The van der Waals surface area contributed by atoms with Crippen LogP contribution in [0.4, 0.5) is 0 Å². The Kier molecular flexibility index (Phi) is 20.1. The number of carbonyl (C=O) groups excluding carboxylic acids is 1. The Morgan fingerprint density at radius 2 is 1.55 bits per heavy atom. The average Bonchev–Trinajstić information content (AvgIpc) is 2.32. The molecule has 1 N–H and O–H groups in total. The molecule has 0 aliphatic carbocycles. The van der Waals surface area contributed by atoms with Gasteiger partial charge in [-0.3, -0.25) is 0 Å². The predicted molar refractivity (Wildman–Crippen MR) is 89.7 cm³/mol. The normalized spacial score (nSPS) is 11.0. The maximum Gasteiger partial charge on any atom is 0.126 e. The zero-order valence-corrected chi connectivity index (χ0v) is 25.0. The van der Waals surface area contributed by atoms with E-state index >= 15 is 0 Å². The molecule has 0 unspecified atom stereocenters. The van der Waals surface area contributed by atoms with Gasteiger partial charge in [0.1, 0.15) is 6.29 Å². The molecule has 0 rings (SSSR count). The van der Waals surface area contributed by atoms with Gasteiger partial charge in [-0.15, -0.1) is 12.6 Å². The summed E-state index contributed by atoms with van der Waals surface area (Å²) in [7, 11) is 1.94. The number of rotatable bonds is 8. The van der Waals surface area contributed by atoms with E-state index in [9.17, 15) is 4.79 Å². The third-order valence-corrected chi connectivity index (χ3v) is 3.50. The Hall–Kier alpha value is -0.788. The Balaban J connectivity index is -0.000000137. The van der Waals surface area contributed by atoms with E-state index in [0.717, 1.165) is 32.5 Å². The Morgan fingerprint density at radius 3 is 1.82 bits per heavy atom. The molecule has 4 nitrogen and oxygen atoms in total. The van der Waals surface area contributed by atoms with Gasteiger partial charge in [0.2, 0.25) is 0 Å². The predicted octanol–water partition coefficient (Wildman–Crippen LogP) is 3.62. The summed E-state index contributed by atoms with van der Waals surface area (Å²) in [5, 5.41) is 11.6. The minimum atomic E-state index is -0.201. The van der Waals surface area contributed by atoms with Crippen LogP contribution in [0.1, 0.15) is 48.5 Å². The van der Waals surface area contributed by atoms with Gasteiger partial charge in [-0.05, 0) is 19.0 Å². The number of aldehydes is 1. The molecule has 0 amide bonds. The minimum Gasteiger partial charge on any atom is -0.663 e. The second-order valence-electron chi connectivity index (χ2n) is 6.86. The molecular weight excluding hydrogens is 703 g/mol. The van der Waals surface area contributed by atoms with E-state index in [-0.39, 0.29) is 31.3 Å². The van der Waals surface area contributed by atoms with E-state index < -0.39 is 0 Å². The van der Waals surface area contributed by atoms with Crippen molar-refractivity contribution in [2.75, 3.05) is 33.2 Å².